The molecule has 0 saturated heterocycles. The molecule has 0 amide bonds. The Morgan fingerprint density at radius 3 is 2.59 bits per heavy atom. The fourth-order valence-electron chi connectivity index (χ4n) is 1.64. The summed E-state index contributed by atoms with van der Waals surface area (Å²) in [7, 11) is 1.54. The summed E-state index contributed by atoms with van der Waals surface area (Å²) in [6.45, 7) is 10.0. The van der Waals surface area contributed by atoms with Crippen LogP contribution in [0.2, 0.25) is 0 Å². The summed E-state index contributed by atoms with van der Waals surface area (Å²) in [5.41, 5.74) is 2.28. The Balaban J connectivity index is 3.14. The van der Waals surface area contributed by atoms with Gasteiger partial charge in [0.15, 0.2) is 0 Å². The first-order valence-corrected chi connectivity index (χ1v) is 7.00. The molecule has 0 unspecified atom stereocenters. The van der Waals surface area contributed by atoms with Crippen LogP contribution in [0.4, 0.5) is 0 Å². The van der Waals surface area contributed by atoms with Gasteiger partial charge in [-0.2, -0.15) is 0 Å². The standard InChI is InChI=1S/C18H23O4/c1-13(2)8-9-21-18-7-6-15(22-12-20-5)11-16(18)17(19)10-14(3)4/h6-8,10-11H,3,9,12H2,1-2,4-5H3/q+1/b17-10-. The van der Waals surface area contributed by atoms with Gasteiger partial charge >= 0.3 is 18.4 Å². The van der Waals surface area contributed by atoms with E-state index in [1.165, 1.54) is 13.2 Å². The van der Waals surface area contributed by atoms with Crippen molar-refractivity contribution in [2.45, 2.75) is 20.8 Å². The minimum absolute atomic E-state index is 0.121. The molecule has 1 aliphatic rings. The van der Waals surface area contributed by atoms with Gasteiger partial charge in [-0.25, -0.2) is 8.85 Å². The zero-order valence-corrected chi connectivity index (χ0v) is 13.6. The van der Waals surface area contributed by atoms with Crippen LogP contribution in [0.5, 0.6) is 0 Å². The van der Waals surface area contributed by atoms with Gasteiger partial charge in [-0.1, -0.05) is 29.6 Å². The number of hydrogen-bond donors (Lipinski definition) is 0. The van der Waals surface area contributed by atoms with Crippen molar-refractivity contribution in [1.82, 2.24) is 0 Å². The Morgan fingerprint density at radius 2 is 2.00 bits per heavy atom. The highest BCUT2D eigenvalue weighted by molar-refractivity contribution is 6.19. The minimum atomic E-state index is -0.164. The van der Waals surface area contributed by atoms with Crippen molar-refractivity contribution >= 4 is 11.6 Å². The Hall–Kier alpha value is -2.20. The van der Waals surface area contributed by atoms with Crippen molar-refractivity contribution in [2.24, 2.45) is 0 Å². The fourth-order valence-corrected chi connectivity index (χ4v) is 1.64. The number of ether oxygens (including phenoxy) is 1. The average molecular weight is 303 g/mol. The smallest absolute Gasteiger partial charge is 0.372 e. The largest absolute Gasteiger partial charge is 0.872 e. The zero-order valence-electron chi connectivity index (χ0n) is 13.6. The van der Waals surface area contributed by atoms with Gasteiger partial charge in [0.1, 0.15) is 0 Å². The molecular formula is C18H23O4+. The summed E-state index contributed by atoms with van der Waals surface area (Å²) in [4.78, 5) is 0. The summed E-state index contributed by atoms with van der Waals surface area (Å²) >= 11 is 0. The molecule has 1 rings (SSSR count). The molecule has 0 aromatic heterocycles. The van der Waals surface area contributed by atoms with Crippen LogP contribution in [0.3, 0.4) is 0 Å². The van der Waals surface area contributed by atoms with Crippen LogP contribution in [0, 0.1) is 0 Å². The van der Waals surface area contributed by atoms with Crippen LogP contribution in [0.15, 0.2) is 59.4 Å². The lowest BCUT2D eigenvalue weighted by molar-refractivity contribution is -0.503. The van der Waals surface area contributed by atoms with E-state index in [2.05, 4.69) is 6.58 Å². The number of ketones is 2. The molecule has 0 atom stereocenters. The first-order chi connectivity index (χ1) is 10.4. The Morgan fingerprint density at radius 1 is 1.27 bits per heavy atom. The molecular weight excluding hydrogens is 280 g/mol. The second-order valence-corrected chi connectivity index (χ2v) is 5.16. The fraction of sp³-hybridized carbons (Fsp3) is 0.333. The second-order valence-electron chi connectivity index (χ2n) is 5.16. The summed E-state index contributed by atoms with van der Waals surface area (Å²) in [5.74, 6) is 0.905. The highest BCUT2D eigenvalue weighted by atomic mass is 16.6. The summed E-state index contributed by atoms with van der Waals surface area (Å²) in [6, 6.07) is 0. The Labute approximate surface area is 131 Å². The minimum Gasteiger partial charge on any atom is -0.872 e. The molecule has 4 nitrogen and oxygen atoms in total. The van der Waals surface area contributed by atoms with Crippen LogP contribution in [-0.2, 0) is 13.6 Å². The lowest BCUT2D eigenvalue weighted by Gasteiger charge is -2.12. The molecule has 0 bridgehead atoms. The van der Waals surface area contributed by atoms with E-state index in [1.807, 2.05) is 19.9 Å². The van der Waals surface area contributed by atoms with Crippen LogP contribution >= 0.6 is 0 Å². The molecule has 0 N–H and O–H groups in total. The highest BCUT2D eigenvalue weighted by Crippen LogP contribution is 2.14. The van der Waals surface area contributed by atoms with Gasteiger partial charge in [0, 0.05) is 13.2 Å². The van der Waals surface area contributed by atoms with Crippen molar-refractivity contribution < 1.29 is 18.7 Å². The van der Waals surface area contributed by atoms with E-state index in [-0.39, 0.29) is 12.6 Å². The van der Waals surface area contributed by atoms with Gasteiger partial charge in [0.25, 0.3) is 6.61 Å². The topological polar surface area (TPSA) is 54.9 Å². The average Bonchev–Trinajstić information content (AvgIpc) is 2.44. The van der Waals surface area contributed by atoms with Crippen LogP contribution < -0.4 is 5.11 Å². The van der Waals surface area contributed by atoms with E-state index < -0.39 is 0 Å². The lowest BCUT2D eigenvalue weighted by Crippen LogP contribution is -2.20. The molecule has 0 spiro atoms. The first kappa shape index (κ1) is 17.9. The molecule has 0 aromatic carbocycles. The van der Waals surface area contributed by atoms with E-state index in [4.69, 9.17) is 13.6 Å². The SMILES string of the molecule is C=C(C)/C=C(\[O-])C1=CC(=[O+]COC)C=CC1=[O+]CC=C(C)C. The van der Waals surface area contributed by atoms with Crippen LogP contribution in [0.25, 0.3) is 0 Å². The molecule has 0 saturated carbocycles. The zero-order chi connectivity index (χ0) is 16.5. The molecule has 0 radical (unpaired) electrons. The van der Waals surface area contributed by atoms with Crippen LogP contribution in [0.1, 0.15) is 20.8 Å². The maximum Gasteiger partial charge on any atom is 0.372 e. The first-order valence-electron chi connectivity index (χ1n) is 7.00. The van der Waals surface area contributed by atoms with Crippen LogP contribution in [-0.4, -0.2) is 32.1 Å². The summed E-state index contributed by atoms with van der Waals surface area (Å²) in [5, 5.41) is 12.3. The lowest BCUT2D eigenvalue weighted by atomic mass is 10.0. The monoisotopic (exact) mass is 303 g/mol. The normalized spacial score (nSPS) is 18.5. The number of carbonyl (C=O) groups excluding carboxylic acids is 2. The maximum absolute atomic E-state index is 12.3. The highest BCUT2D eigenvalue weighted by Gasteiger charge is 2.23. The number of methoxy groups -OCH3 is 1. The van der Waals surface area contributed by atoms with Gasteiger partial charge in [-0.3, -0.25) is 0 Å². The summed E-state index contributed by atoms with van der Waals surface area (Å²) in [6.07, 6.45) is 8.55. The van der Waals surface area contributed by atoms with Crippen molar-refractivity contribution in [3.8, 4) is 0 Å². The molecule has 22 heavy (non-hydrogen) atoms. The van der Waals surface area contributed by atoms with E-state index in [0.717, 1.165) is 5.57 Å². The quantitative estimate of drug-likeness (QED) is 0.188. The predicted octanol–water partition coefficient (Wildman–Crippen LogP) is 2.08. The number of rotatable bonds is 6. The third kappa shape index (κ3) is 6.06. The van der Waals surface area contributed by atoms with E-state index in [0.29, 0.717) is 29.3 Å². The third-order valence-corrected chi connectivity index (χ3v) is 2.67. The summed E-state index contributed by atoms with van der Waals surface area (Å²) < 4.78 is 15.9. The molecule has 0 heterocycles. The second kappa shape index (κ2) is 8.95. The number of hydrogen-bond acceptors (Lipinski definition) is 2. The molecule has 118 valence electrons. The Bertz CT molecular complexity index is 595. The third-order valence-electron chi connectivity index (χ3n) is 2.67. The molecule has 0 fully saturated rings. The maximum atomic E-state index is 12.3. The van der Waals surface area contributed by atoms with Gasteiger partial charge < -0.3 is 9.84 Å². The van der Waals surface area contributed by atoms with Gasteiger partial charge in [-0.15, -0.1) is 0 Å². The van der Waals surface area contributed by atoms with Crippen molar-refractivity contribution in [2.75, 3.05) is 20.5 Å². The van der Waals surface area contributed by atoms with Gasteiger partial charge in [-0.05, 0) is 20.8 Å². The molecule has 4 heteroatoms. The van der Waals surface area contributed by atoms with Crippen molar-refractivity contribution in [3.63, 3.8) is 0 Å². The molecule has 0 aliphatic heterocycles. The van der Waals surface area contributed by atoms with Crippen molar-refractivity contribution in [1.29, 1.82) is 0 Å². The van der Waals surface area contributed by atoms with Gasteiger partial charge in [0.05, 0.1) is 23.8 Å². The van der Waals surface area contributed by atoms with E-state index in [9.17, 15) is 5.11 Å². The van der Waals surface area contributed by atoms with Gasteiger partial charge in [0.2, 0.25) is 0 Å². The molecule has 0 aromatic rings. The Kier molecular flexibility index (Phi) is 7.26. The predicted molar refractivity (Wildman–Crippen MR) is 86.3 cm³/mol. The number of allylic oxidation sites excluding steroid dienone is 7. The van der Waals surface area contributed by atoms with E-state index in [1.54, 1.807) is 25.2 Å². The van der Waals surface area contributed by atoms with Crippen molar-refractivity contribution in [3.05, 3.63) is 59.4 Å². The molecule has 1 aliphatic carbocycles. The van der Waals surface area contributed by atoms with E-state index >= 15 is 0 Å².